The number of nitrogens with two attached hydrogens (primary N) is 1. The molecular weight excluding hydrogens is 286 g/mol. The molecule has 0 atom stereocenters. The van der Waals surface area contributed by atoms with E-state index >= 15 is 0 Å². The second kappa shape index (κ2) is 4.84. The quantitative estimate of drug-likeness (QED) is 0.682. The van der Waals surface area contributed by atoms with Crippen molar-refractivity contribution in [1.29, 1.82) is 0 Å². The fourth-order valence-corrected chi connectivity index (χ4v) is 2.60. The topological polar surface area (TPSA) is 51.8 Å². The Kier molecular flexibility index (Phi) is 3.46. The second-order valence-electron chi connectivity index (χ2n) is 3.27. The number of rotatable bonds is 2. The lowest BCUT2D eigenvalue weighted by molar-refractivity contribution is 0.932. The van der Waals surface area contributed by atoms with Gasteiger partial charge in [-0.25, -0.2) is 9.97 Å². The van der Waals surface area contributed by atoms with Crippen molar-refractivity contribution in [2.24, 2.45) is 0 Å². The smallest absolute Gasteiger partial charge is 0.192 e. The molecule has 2 aromatic rings. The van der Waals surface area contributed by atoms with E-state index in [9.17, 15) is 0 Å². The highest BCUT2D eigenvalue weighted by molar-refractivity contribution is 9.10. The van der Waals surface area contributed by atoms with E-state index in [1.165, 1.54) is 11.8 Å². The molecule has 16 heavy (non-hydrogen) atoms. The van der Waals surface area contributed by atoms with E-state index in [0.717, 1.165) is 25.9 Å². The molecule has 0 aliphatic heterocycles. The lowest BCUT2D eigenvalue weighted by Gasteiger charge is -2.04. The second-order valence-corrected chi connectivity index (χ2v) is 5.14. The first-order chi connectivity index (χ1) is 7.65. The monoisotopic (exact) mass is 295 g/mol. The minimum absolute atomic E-state index is 0.737. The van der Waals surface area contributed by atoms with E-state index in [1.54, 1.807) is 6.20 Å². The van der Waals surface area contributed by atoms with Gasteiger partial charge in [-0.15, -0.1) is 0 Å². The standard InChI is InChI=1S/C11H10BrN3S/c1-7-4-5-14-11(15-7)16-10-3-2-8(13)6-9(10)12/h2-6H,13H2,1H3. The van der Waals surface area contributed by atoms with Crippen LogP contribution in [0.4, 0.5) is 5.69 Å². The molecular formula is C11H10BrN3S. The van der Waals surface area contributed by atoms with E-state index in [2.05, 4.69) is 25.9 Å². The predicted octanol–water partition coefficient (Wildman–Crippen LogP) is 3.28. The molecule has 0 fully saturated rings. The summed E-state index contributed by atoms with van der Waals surface area (Å²) >= 11 is 4.98. The molecule has 2 rings (SSSR count). The fourth-order valence-electron chi connectivity index (χ4n) is 1.17. The summed E-state index contributed by atoms with van der Waals surface area (Å²) < 4.78 is 0.961. The number of anilines is 1. The summed E-state index contributed by atoms with van der Waals surface area (Å²) in [7, 11) is 0. The highest BCUT2D eigenvalue weighted by Crippen LogP contribution is 2.32. The number of aromatic nitrogens is 2. The molecule has 0 saturated heterocycles. The molecule has 1 aromatic carbocycles. The third-order valence-electron chi connectivity index (χ3n) is 1.93. The first-order valence-electron chi connectivity index (χ1n) is 4.67. The van der Waals surface area contributed by atoms with Gasteiger partial charge in [0.05, 0.1) is 0 Å². The van der Waals surface area contributed by atoms with Crippen LogP contribution in [0.1, 0.15) is 5.69 Å². The van der Waals surface area contributed by atoms with E-state index in [0.29, 0.717) is 0 Å². The average molecular weight is 296 g/mol. The summed E-state index contributed by atoms with van der Waals surface area (Å²) in [5.41, 5.74) is 7.37. The van der Waals surface area contributed by atoms with Crippen LogP contribution in [0.3, 0.4) is 0 Å². The van der Waals surface area contributed by atoms with Crippen molar-refractivity contribution in [3.8, 4) is 0 Å². The Hall–Kier alpha value is -1.07. The Morgan fingerprint density at radius 3 is 2.81 bits per heavy atom. The van der Waals surface area contributed by atoms with Gasteiger partial charge in [-0.3, -0.25) is 0 Å². The fraction of sp³-hybridized carbons (Fsp3) is 0.0909. The number of nitrogen functional groups attached to an aromatic ring is 1. The number of nitrogens with zero attached hydrogens (tertiary/aromatic N) is 2. The molecule has 0 amide bonds. The van der Waals surface area contributed by atoms with Crippen LogP contribution in [0.2, 0.25) is 0 Å². The van der Waals surface area contributed by atoms with Crippen molar-refractivity contribution in [3.63, 3.8) is 0 Å². The maximum atomic E-state index is 5.67. The van der Waals surface area contributed by atoms with Crippen molar-refractivity contribution in [3.05, 3.63) is 40.6 Å². The largest absolute Gasteiger partial charge is 0.399 e. The number of aryl methyl sites for hydroxylation is 1. The van der Waals surface area contributed by atoms with E-state index < -0.39 is 0 Å². The van der Waals surface area contributed by atoms with Gasteiger partial charge in [-0.05, 0) is 58.9 Å². The minimum Gasteiger partial charge on any atom is -0.399 e. The Bertz CT molecular complexity index is 516. The van der Waals surface area contributed by atoms with Crippen LogP contribution in [0, 0.1) is 6.92 Å². The molecule has 3 nitrogen and oxygen atoms in total. The van der Waals surface area contributed by atoms with Crippen molar-refractivity contribution < 1.29 is 0 Å². The molecule has 0 bridgehead atoms. The molecule has 82 valence electrons. The van der Waals surface area contributed by atoms with Crippen molar-refractivity contribution in [1.82, 2.24) is 9.97 Å². The molecule has 1 heterocycles. The number of halogens is 1. The molecule has 0 spiro atoms. The zero-order valence-electron chi connectivity index (χ0n) is 8.64. The first-order valence-corrected chi connectivity index (χ1v) is 6.28. The molecule has 0 saturated carbocycles. The Morgan fingerprint density at radius 1 is 1.31 bits per heavy atom. The number of hydrogen-bond acceptors (Lipinski definition) is 4. The summed E-state index contributed by atoms with van der Waals surface area (Å²) in [6, 6.07) is 7.57. The molecule has 5 heteroatoms. The number of hydrogen-bond donors (Lipinski definition) is 1. The van der Waals surface area contributed by atoms with Crippen molar-refractivity contribution in [2.75, 3.05) is 5.73 Å². The van der Waals surface area contributed by atoms with Gasteiger partial charge < -0.3 is 5.73 Å². The van der Waals surface area contributed by atoms with Gasteiger partial charge in [0, 0.05) is 26.9 Å². The molecule has 2 N–H and O–H groups in total. The van der Waals surface area contributed by atoms with Crippen LogP contribution < -0.4 is 5.73 Å². The minimum atomic E-state index is 0.737. The van der Waals surface area contributed by atoms with Crippen molar-refractivity contribution in [2.45, 2.75) is 17.0 Å². The summed E-state index contributed by atoms with van der Waals surface area (Å²) in [6.45, 7) is 1.95. The van der Waals surface area contributed by atoms with E-state index in [4.69, 9.17) is 5.73 Å². The molecule has 0 aliphatic rings. The van der Waals surface area contributed by atoms with Gasteiger partial charge in [0.2, 0.25) is 0 Å². The maximum absolute atomic E-state index is 5.67. The SMILES string of the molecule is Cc1ccnc(Sc2ccc(N)cc2Br)n1. The normalized spacial score (nSPS) is 10.4. The lowest BCUT2D eigenvalue weighted by atomic mass is 10.3. The van der Waals surface area contributed by atoms with Crippen LogP contribution in [0.5, 0.6) is 0 Å². The van der Waals surface area contributed by atoms with Crippen LogP contribution in [-0.2, 0) is 0 Å². The molecule has 1 aromatic heterocycles. The lowest BCUT2D eigenvalue weighted by Crippen LogP contribution is -1.89. The summed E-state index contributed by atoms with van der Waals surface area (Å²) in [4.78, 5) is 9.59. The van der Waals surface area contributed by atoms with Crippen LogP contribution in [0.25, 0.3) is 0 Å². The Morgan fingerprint density at radius 2 is 2.12 bits per heavy atom. The van der Waals surface area contributed by atoms with Gasteiger partial charge in [-0.2, -0.15) is 0 Å². The van der Waals surface area contributed by atoms with Gasteiger partial charge >= 0.3 is 0 Å². The van der Waals surface area contributed by atoms with Crippen LogP contribution >= 0.6 is 27.7 Å². The zero-order valence-corrected chi connectivity index (χ0v) is 11.0. The van der Waals surface area contributed by atoms with Crippen LogP contribution in [-0.4, -0.2) is 9.97 Å². The molecule has 0 aliphatic carbocycles. The molecule has 0 unspecified atom stereocenters. The summed E-state index contributed by atoms with van der Waals surface area (Å²) in [5.74, 6) is 0. The average Bonchev–Trinajstić information content (AvgIpc) is 2.22. The van der Waals surface area contributed by atoms with Gasteiger partial charge in [0.15, 0.2) is 5.16 Å². The van der Waals surface area contributed by atoms with E-state index in [-0.39, 0.29) is 0 Å². The Balaban J connectivity index is 2.27. The van der Waals surface area contributed by atoms with Gasteiger partial charge in [-0.1, -0.05) is 0 Å². The van der Waals surface area contributed by atoms with Crippen molar-refractivity contribution >= 4 is 33.4 Å². The summed E-state index contributed by atoms with van der Waals surface area (Å²) in [5, 5.41) is 0.741. The first kappa shape index (κ1) is 11.4. The highest BCUT2D eigenvalue weighted by Gasteiger charge is 2.04. The van der Waals surface area contributed by atoms with E-state index in [1.807, 2.05) is 31.2 Å². The Labute approximate surface area is 107 Å². The summed E-state index contributed by atoms with van der Waals surface area (Å²) in [6.07, 6.45) is 1.76. The third kappa shape index (κ3) is 2.74. The third-order valence-corrected chi connectivity index (χ3v) is 3.80. The van der Waals surface area contributed by atoms with Gasteiger partial charge in [0.25, 0.3) is 0 Å². The van der Waals surface area contributed by atoms with Gasteiger partial charge in [0.1, 0.15) is 0 Å². The maximum Gasteiger partial charge on any atom is 0.192 e. The zero-order chi connectivity index (χ0) is 11.5. The number of benzene rings is 1. The molecule has 0 radical (unpaired) electrons. The predicted molar refractivity (Wildman–Crippen MR) is 69.4 cm³/mol. The van der Waals surface area contributed by atoms with Crippen LogP contribution in [0.15, 0.2) is 45.0 Å². The highest BCUT2D eigenvalue weighted by atomic mass is 79.9.